The van der Waals surface area contributed by atoms with Crippen LogP contribution in [0.2, 0.25) is 0 Å². The maximum Gasteiger partial charge on any atom is 0.191 e. The number of guanidine groups is 1. The summed E-state index contributed by atoms with van der Waals surface area (Å²) < 4.78 is 0. The highest BCUT2D eigenvalue weighted by atomic mass is 127. The Morgan fingerprint density at radius 1 is 1.21 bits per heavy atom. The molecule has 1 aliphatic heterocycles. The van der Waals surface area contributed by atoms with Crippen LogP contribution in [0.1, 0.15) is 37.7 Å². The molecule has 4 nitrogen and oxygen atoms in total. The van der Waals surface area contributed by atoms with Gasteiger partial charge in [-0.25, -0.2) is 0 Å². The monoisotopic (exact) mass is 442 g/mol. The van der Waals surface area contributed by atoms with Crippen LogP contribution >= 0.6 is 24.0 Å². The van der Waals surface area contributed by atoms with E-state index in [1.54, 1.807) is 0 Å². The summed E-state index contributed by atoms with van der Waals surface area (Å²) in [7, 11) is 4.08. The highest BCUT2D eigenvalue weighted by Crippen LogP contribution is 2.43. The van der Waals surface area contributed by atoms with Crippen molar-refractivity contribution >= 4 is 29.9 Å². The van der Waals surface area contributed by atoms with Gasteiger partial charge in [-0.3, -0.25) is 4.99 Å². The first-order valence-corrected chi connectivity index (χ1v) is 8.94. The van der Waals surface area contributed by atoms with Gasteiger partial charge in [0, 0.05) is 31.6 Å². The van der Waals surface area contributed by atoms with Gasteiger partial charge in [0.15, 0.2) is 5.96 Å². The minimum absolute atomic E-state index is 0. The Morgan fingerprint density at radius 2 is 1.96 bits per heavy atom. The van der Waals surface area contributed by atoms with Crippen LogP contribution in [-0.4, -0.2) is 50.6 Å². The van der Waals surface area contributed by atoms with Crippen LogP contribution in [0.5, 0.6) is 0 Å². The summed E-state index contributed by atoms with van der Waals surface area (Å²) in [6.07, 6.45) is 6.47. The van der Waals surface area contributed by atoms with Crippen LogP contribution < -0.4 is 10.6 Å². The van der Waals surface area contributed by atoms with Crippen molar-refractivity contribution in [1.82, 2.24) is 15.5 Å². The third-order valence-electron chi connectivity index (χ3n) is 5.69. The molecule has 24 heavy (non-hydrogen) atoms. The van der Waals surface area contributed by atoms with Crippen LogP contribution in [0, 0.1) is 0 Å². The molecule has 1 unspecified atom stereocenters. The number of nitrogens with one attached hydrogen (secondary N) is 2. The predicted octanol–water partition coefficient (Wildman–Crippen LogP) is 2.99. The number of likely N-dealkylation sites (tertiary alicyclic amines) is 1. The first-order chi connectivity index (χ1) is 11.2. The Balaban J connectivity index is 0.00000208. The molecule has 2 N–H and O–H groups in total. The Bertz CT molecular complexity index is 527. The van der Waals surface area contributed by atoms with E-state index in [9.17, 15) is 0 Å². The minimum Gasteiger partial charge on any atom is -0.356 e. The first kappa shape index (κ1) is 19.5. The van der Waals surface area contributed by atoms with Gasteiger partial charge in [0.1, 0.15) is 0 Å². The van der Waals surface area contributed by atoms with Gasteiger partial charge in [-0.2, -0.15) is 0 Å². The predicted molar refractivity (Wildman–Crippen MR) is 112 cm³/mol. The summed E-state index contributed by atoms with van der Waals surface area (Å²) in [5, 5.41) is 7.08. The quantitative estimate of drug-likeness (QED) is 0.419. The third kappa shape index (κ3) is 4.42. The van der Waals surface area contributed by atoms with E-state index in [0.717, 1.165) is 19.0 Å². The van der Waals surface area contributed by atoms with Crippen molar-refractivity contribution in [2.45, 2.75) is 43.6 Å². The molecular formula is C19H31IN4. The number of halogens is 1. The van der Waals surface area contributed by atoms with E-state index in [-0.39, 0.29) is 24.0 Å². The van der Waals surface area contributed by atoms with Crippen molar-refractivity contribution in [3.05, 3.63) is 35.9 Å². The van der Waals surface area contributed by atoms with Gasteiger partial charge in [0.2, 0.25) is 0 Å². The van der Waals surface area contributed by atoms with E-state index in [0.29, 0.717) is 11.5 Å². The smallest absolute Gasteiger partial charge is 0.191 e. The highest BCUT2D eigenvalue weighted by molar-refractivity contribution is 14.0. The van der Waals surface area contributed by atoms with Gasteiger partial charge in [0.05, 0.1) is 0 Å². The molecule has 5 heteroatoms. The lowest BCUT2D eigenvalue weighted by Crippen LogP contribution is -2.50. The normalized spacial score (nSPS) is 23.2. The highest BCUT2D eigenvalue weighted by Gasteiger charge is 2.38. The lowest BCUT2D eigenvalue weighted by atomic mass is 9.64. The summed E-state index contributed by atoms with van der Waals surface area (Å²) in [5.41, 5.74) is 1.76. The maximum absolute atomic E-state index is 4.41. The largest absolute Gasteiger partial charge is 0.356 e. The van der Waals surface area contributed by atoms with Crippen molar-refractivity contribution in [3.63, 3.8) is 0 Å². The minimum atomic E-state index is 0. The standard InChI is InChI=1S/C19H30N4.HI/c1-20-18(21-14-17-10-6-13-23(17)2)22-15-19(11-7-12-19)16-8-4-3-5-9-16;/h3-5,8-9,17H,6-7,10-15H2,1-2H3,(H2,20,21,22);1H. The second kappa shape index (κ2) is 9.04. The lowest BCUT2D eigenvalue weighted by Gasteiger charge is -2.43. The Kier molecular flexibility index (Phi) is 7.34. The van der Waals surface area contributed by atoms with Crippen molar-refractivity contribution < 1.29 is 0 Å². The Hall–Kier alpha value is -0.820. The Morgan fingerprint density at radius 3 is 2.50 bits per heavy atom. The van der Waals surface area contributed by atoms with Crippen LogP contribution in [0.3, 0.4) is 0 Å². The van der Waals surface area contributed by atoms with Gasteiger partial charge in [0.25, 0.3) is 0 Å². The molecule has 3 rings (SSSR count). The molecule has 1 saturated carbocycles. The number of likely N-dealkylation sites (N-methyl/N-ethyl adjacent to an activating group) is 1. The molecule has 0 aromatic heterocycles. The molecule has 0 spiro atoms. The van der Waals surface area contributed by atoms with Crippen LogP contribution in [0.15, 0.2) is 35.3 Å². The van der Waals surface area contributed by atoms with Crippen molar-refractivity contribution in [2.24, 2.45) is 4.99 Å². The van der Waals surface area contributed by atoms with Crippen molar-refractivity contribution in [3.8, 4) is 0 Å². The van der Waals surface area contributed by atoms with E-state index in [2.05, 4.69) is 57.9 Å². The number of benzene rings is 1. The van der Waals surface area contributed by atoms with Gasteiger partial charge >= 0.3 is 0 Å². The van der Waals surface area contributed by atoms with Gasteiger partial charge < -0.3 is 15.5 Å². The van der Waals surface area contributed by atoms with Gasteiger partial charge in [-0.05, 0) is 44.8 Å². The van der Waals surface area contributed by atoms with Crippen molar-refractivity contribution in [1.29, 1.82) is 0 Å². The first-order valence-electron chi connectivity index (χ1n) is 8.94. The third-order valence-corrected chi connectivity index (χ3v) is 5.69. The zero-order chi connectivity index (χ0) is 16.1. The number of aliphatic imine (C=N–C) groups is 1. The van der Waals surface area contributed by atoms with Crippen LogP contribution in [-0.2, 0) is 5.41 Å². The van der Waals surface area contributed by atoms with E-state index in [4.69, 9.17) is 0 Å². The van der Waals surface area contributed by atoms with E-state index in [1.165, 1.54) is 44.2 Å². The maximum atomic E-state index is 4.41. The molecule has 0 bridgehead atoms. The molecule has 1 aromatic carbocycles. The topological polar surface area (TPSA) is 39.7 Å². The summed E-state index contributed by atoms with van der Waals surface area (Å²) >= 11 is 0. The average molecular weight is 442 g/mol. The fraction of sp³-hybridized carbons (Fsp3) is 0.632. The van der Waals surface area contributed by atoms with Crippen molar-refractivity contribution in [2.75, 3.05) is 33.7 Å². The van der Waals surface area contributed by atoms with E-state index in [1.807, 2.05) is 7.05 Å². The number of hydrogen-bond acceptors (Lipinski definition) is 2. The zero-order valence-electron chi connectivity index (χ0n) is 14.9. The summed E-state index contributed by atoms with van der Waals surface area (Å²) in [6.45, 7) is 3.17. The van der Waals surface area contributed by atoms with Gasteiger partial charge in [-0.15, -0.1) is 24.0 Å². The molecule has 134 valence electrons. The molecule has 1 heterocycles. The molecule has 2 aliphatic rings. The van der Waals surface area contributed by atoms with Crippen LogP contribution in [0.4, 0.5) is 0 Å². The molecule has 1 atom stereocenters. The summed E-state index contributed by atoms with van der Waals surface area (Å²) in [4.78, 5) is 6.85. The van der Waals surface area contributed by atoms with Gasteiger partial charge in [-0.1, -0.05) is 36.8 Å². The zero-order valence-corrected chi connectivity index (χ0v) is 17.3. The van der Waals surface area contributed by atoms with E-state index < -0.39 is 0 Å². The van der Waals surface area contributed by atoms with E-state index >= 15 is 0 Å². The second-order valence-electron chi connectivity index (χ2n) is 7.08. The molecule has 0 amide bonds. The summed E-state index contributed by atoms with van der Waals surface area (Å²) in [5.74, 6) is 0.938. The molecule has 0 radical (unpaired) electrons. The molecule has 1 aliphatic carbocycles. The number of rotatable bonds is 5. The Labute approximate surface area is 163 Å². The fourth-order valence-corrected chi connectivity index (χ4v) is 3.89. The molecule has 2 fully saturated rings. The molecule has 1 saturated heterocycles. The SMILES string of the molecule is CN=C(NCC1CCCN1C)NCC1(c2ccccc2)CCC1.I. The summed E-state index contributed by atoms with van der Waals surface area (Å²) in [6, 6.07) is 11.6. The lowest BCUT2D eigenvalue weighted by molar-refractivity contribution is 0.243. The molecular weight excluding hydrogens is 411 g/mol. The fourth-order valence-electron chi connectivity index (χ4n) is 3.89. The number of hydrogen-bond donors (Lipinski definition) is 2. The molecule has 1 aromatic rings. The van der Waals surface area contributed by atoms with Crippen LogP contribution in [0.25, 0.3) is 0 Å². The average Bonchev–Trinajstić information content (AvgIpc) is 2.95. The number of nitrogens with zero attached hydrogens (tertiary/aromatic N) is 2. The second-order valence-corrected chi connectivity index (χ2v) is 7.08.